The van der Waals surface area contributed by atoms with Gasteiger partial charge in [-0.25, -0.2) is 0 Å². The molecular weight excluding hydrogens is 233 g/mol. The third-order valence-corrected chi connectivity index (χ3v) is 1.93. The minimum absolute atomic E-state index is 0.252. The standard InChI is InChI=1S/C9H6ClF3O2/c10-4-8(15)5-1-6(9(11,12)13)3-7(14)2-5/h1-3,14H,4H2. The molecule has 1 aromatic carbocycles. The van der Waals surface area contributed by atoms with Crippen LogP contribution in [0.15, 0.2) is 18.2 Å². The molecule has 0 aromatic heterocycles. The number of rotatable bonds is 2. The van der Waals surface area contributed by atoms with Gasteiger partial charge in [0.25, 0.3) is 0 Å². The molecule has 1 N–H and O–H groups in total. The lowest BCUT2D eigenvalue weighted by molar-refractivity contribution is -0.137. The topological polar surface area (TPSA) is 37.3 Å². The summed E-state index contributed by atoms with van der Waals surface area (Å²) in [5.74, 6) is -1.71. The van der Waals surface area contributed by atoms with E-state index in [0.717, 1.165) is 6.07 Å². The molecule has 0 fully saturated rings. The number of phenols is 1. The van der Waals surface area contributed by atoms with Crippen molar-refractivity contribution in [1.29, 1.82) is 0 Å². The Bertz CT molecular complexity index is 387. The predicted octanol–water partition coefficient (Wildman–Crippen LogP) is 2.83. The van der Waals surface area contributed by atoms with Gasteiger partial charge in [-0.2, -0.15) is 13.2 Å². The molecule has 82 valence electrons. The molecule has 1 aromatic rings. The molecule has 0 aliphatic heterocycles. The van der Waals surface area contributed by atoms with E-state index < -0.39 is 29.2 Å². The normalized spacial score (nSPS) is 11.5. The highest BCUT2D eigenvalue weighted by Gasteiger charge is 2.31. The summed E-state index contributed by atoms with van der Waals surface area (Å²) in [6.45, 7) is 0. The summed E-state index contributed by atoms with van der Waals surface area (Å²) in [5, 5.41) is 9.01. The Morgan fingerprint density at radius 1 is 1.33 bits per heavy atom. The van der Waals surface area contributed by atoms with Gasteiger partial charge >= 0.3 is 6.18 Å². The molecule has 6 heteroatoms. The van der Waals surface area contributed by atoms with Crippen LogP contribution in [-0.2, 0) is 6.18 Å². The van der Waals surface area contributed by atoms with E-state index in [9.17, 15) is 18.0 Å². The van der Waals surface area contributed by atoms with Crippen LogP contribution in [0, 0.1) is 0 Å². The highest BCUT2D eigenvalue weighted by atomic mass is 35.5. The third kappa shape index (κ3) is 2.86. The lowest BCUT2D eigenvalue weighted by atomic mass is 10.1. The van der Waals surface area contributed by atoms with Gasteiger partial charge in [-0.05, 0) is 18.2 Å². The molecule has 0 aliphatic carbocycles. The second-order valence-corrected chi connectivity index (χ2v) is 3.09. The van der Waals surface area contributed by atoms with Crippen LogP contribution < -0.4 is 0 Å². The van der Waals surface area contributed by atoms with E-state index in [2.05, 4.69) is 0 Å². The maximum absolute atomic E-state index is 12.3. The van der Waals surface area contributed by atoms with Crippen molar-refractivity contribution in [3.8, 4) is 5.75 Å². The quantitative estimate of drug-likeness (QED) is 0.635. The van der Waals surface area contributed by atoms with E-state index in [1.165, 1.54) is 0 Å². The summed E-state index contributed by atoms with van der Waals surface area (Å²) in [5.41, 5.74) is -1.33. The molecular formula is C9H6ClF3O2. The van der Waals surface area contributed by atoms with Crippen LogP contribution in [-0.4, -0.2) is 16.8 Å². The first-order valence-electron chi connectivity index (χ1n) is 3.85. The van der Waals surface area contributed by atoms with E-state index in [-0.39, 0.29) is 5.56 Å². The molecule has 0 spiro atoms. The van der Waals surface area contributed by atoms with Gasteiger partial charge in [0.15, 0.2) is 5.78 Å². The maximum Gasteiger partial charge on any atom is 0.416 e. The van der Waals surface area contributed by atoms with Crippen LogP contribution in [0.3, 0.4) is 0 Å². The molecule has 0 saturated heterocycles. The minimum Gasteiger partial charge on any atom is -0.508 e. The maximum atomic E-state index is 12.3. The smallest absolute Gasteiger partial charge is 0.416 e. The Morgan fingerprint density at radius 3 is 2.40 bits per heavy atom. The molecule has 0 unspecified atom stereocenters. The van der Waals surface area contributed by atoms with Crippen LogP contribution >= 0.6 is 11.6 Å². The highest BCUT2D eigenvalue weighted by Crippen LogP contribution is 2.32. The zero-order valence-electron chi connectivity index (χ0n) is 7.31. The molecule has 2 nitrogen and oxygen atoms in total. The molecule has 15 heavy (non-hydrogen) atoms. The van der Waals surface area contributed by atoms with Crippen LogP contribution in [0.2, 0.25) is 0 Å². The number of carbonyl (C=O) groups excluding carboxylic acids is 1. The lowest BCUT2D eigenvalue weighted by Crippen LogP contribution is -2.08. The van der Waals surface area contributed by atoms with Crippen LogP contribution in [0.25, 0.3) is 0 Å². The number of alkyl halides is 4. The number of ketones is 1. The first-order chi connectivity index (χ1) is 6.84. The van der Waals surface area contributed by atoms with Gasteiger partial charge in [0.2, 0.25) is 0 Å². The van der Waals surface area contributed by atoms with E-state index in [0.29, 0.717) is 12.1 Å². The SMILES string of the molecule is O=C(CCl)c1cc(O)cc(C(F)(F)F)c1. The van der Waals surface area contributed by atoms with Crippen LogP contribution in [0.1, 0.15) is 15.9 Å². The number of Topliss-reactive ketones (excluding diaryl/α,β-unsaturated/α-hetero) is 1. The van der Waals surface area contributed by atoms with Gasteiger partial charge in [-0.3, -0.25) is 4.79 Å². The van der Waals surface area contributed by atoms with Gasteiger partial charge in [0.1, 0.15) is 5.75 Å². The summed E-state index contributed by atoms with van der Waals surface area (Å²) >= 11 is 5.19. The summed E-state index contributed by atoms with van der Waals surface area (Å²) in [6, 6.07) is 2.15. The average Bonchev–Trinajstić information content (AvgIpc) is 2.14. The Hall–Kier alpha value is -1.23. The van der Waals surface area contributed by atoms with Gasteiger partial charge in [-0.1, -0.05) is 0 Å². The monoisotopic (exact) mass is 238 g/mol. The van der Waals surface area contributed by atoms with Crippen LogP contribution in [0.4, 0.5) is 13.2 Å². The fourth-order valence-corrected chi connectivity index (χ4v) is 1.17. The number of aromatic hydroxyl groups is 1. The van der Waals surface area contributed by atoms with Gasteiger partial charge < -0.3 is 5.11 Å². The Labute approximate surface area is 88.3 Å². The first kappa shape index (κ1) is 11.8. The zero-order chi connectivity index (χ0) is 11.6. The van der Waals surface area contributed by atoms with Crippen molar-refractivity contribution >= 4 is 17.4 Å². The second-order valence-electron chi connectivity index (χ2n) is 2.82. The van der Waals surface area contributed by atoms with E-state index in [4.69, 9.17) is 16.7 Å². The van der Waals surface area contributed by atoms with Crippen molar-refractivity contribution in [3.63, 3.8) is 0 Å². The molecule has 1 rings (SSSR count). The van der Waals surface area contributed by atoms with Crippen molar-refractivity contribution in [2.45, 2.75) is 6.18 Å². The largest absolute Gasteiger partial charge is 0.508 e. The zero-order valence-corrected chi connectivity index (χ0v) is 8.06. The minimum atomic E-state index is -4.60. The Morgan fingerprint density at radius 2 is 1.93 bits per heavy atom. The summed E-state index contributed by atoms with van der Waals surface area (Å²) < 4.78 is 36.8. The molecule has 0 aliphatic rings. The van der Waals surface area contributed by atoms with Gasteiger partial charge in [-0.15, -0.1) is 11.6 Å². The Balaban J connectivity index is 3.23. The van der Waals surface area contributed by atoms with Crippen molar-refractivity contribution in [1.82, 2.24) is 0 Å². The third-order valence-electron chi connectivity index (χ3n) is 1.69. The highest BCUT2D eigenvalue weighted by molar-refractivity contribution is 6.30. The van der Waals surface area contributed by atoms with Crippen molar-refractivity contribution in [2.24, 2.45) is 0 Å². The second kappa shape index (κ2) is 4.10. The van der Waals surface area contributed by atoms with E-state index in [1.807, 2.05) is 0 Å². The summed E-state index contributed by atoms with van der Waals surface area (Å²) in [6.07, 6.45) is -4.60. The molecule has 0 heterocycles. The van der Waals surface area contributed by atoms with E-state index in [1.54, 1.807) is 0 Å². The van der Waals surface area contributed by atoms with Gasteiger partial charge in [0, 0.05) is 5.56 Å². The average molecular weight is 239 g/mol. The van der Waals surface area contributed by atoms with Crippen LogP contribution in [0.5, 0.6) is 5.75 Å². The van der Waals surface area contributed by atoms with Crippen molar-refractivity contribution in [3.05, 3.63) is 29.3 Å². The Kier molecular flexibility index (Phi) is 3.24. The van der Waals surface area contributed by atoms with Crippen molar-refractivity contribution < 1.29 is 23.1 Å². The molecule has 0 atom stereocenters. The first-order valence-corrected chi connectivity index (χ1v) is 4.38. The van der Waals surface area contributed by atoms with E-state index >= 15 is 0 Å². The fraction of sp³-hybridized carbons (Fsp3) is 0.222. The number of phenolic OH excluding ortho intramolecular Hbond substituents is 1. The molecule has 0 saturated carbocycles. The lowest BCUT2D eigenvalue weighted by Gasteiger charge is -2.08. The molecule has 0 amide bonds. The number of carbonyl (C=O) groups is 1. The van der Waals surface area contributed by atoms with Gasteiger partial charge in [0.05, 0.1) is 11.4 Å². The number of hydrogen-bond acceptors (Lipinski definition) is 2. The summed E-state index contributed by atoms with van der Waals surface area (Å²) in [7, 11) is 0. The number of hydrogen-bond donors (Lipinski definition) is 1. The molecule has 0 bridgehead atoms. The number of benzene rings is 1. The predicted molar refractivity (Wildman–Crippen MR) is 48.2 cm³/mol. The van der Waals surface area contributed by atoms with Crippen molar-refractivity contribution in [2.75, 3.05) is 5.88 Å². The number of halogens is 4. The molecule has 0 radical (unpaired) electrons. The summed E-state index contributed by atoms with van der Waals surface area (Å²) in [4.78, 5) is 11.0. The fourth-order valence-electron chi connectivity index (χ4n) is 1.01.